The van der Waals surface area contributed by atoms with E-state index in [2.05, 4.69) is 4.74 Å². The molecule has 0 aliphatic heterocycles. The lowest BCUT2D eigenvalue weighted by Crippen LogP contribution is -2.03. The molecule has 0 saturated carbocycles. The summed E-state index contributed by atoms with van der Waals surface area (Å²) in [5, 5.41) is 8.36. The molecule has 4 nitrogen and oxygen atoms in total. The van der Waals surface area contributed by atoms with Gasteiger partial charge in [-0.1, -0.05) is 0 Å². The maximum atomic E-state index is 10.7. The third-order valence-corrected chi connectivity index (χ3v) is 0.894. The molecule has 11 heavy (non-hydrogen) atoms. The van der Waals surface area contributed by atoms with Gasteiger partial charge in [-0.3, -0.25) is 0 Å². The number of rotatable bonds is 3. The fourth-order valence-corrected chi connectivity index (χ4v) is 0.397. The van der Waals surface area contributed by atoms with Crippen molar-refractivity contribution < 1.29 is 14.3 Å². The van der Waals surface area contributed by atoms with Gasteiger partial charge in [0.25, 0.3) is 0 Å². The standard InChI is InChI=1S/C7H9NO3/c1-3-11-5-6(4-8)7(9)10-2/h5H,3H2,1-2H3/b6-5-. The zero-order valence-corrected chi connectivity index (χ0v) is 6.46. The first kappa shape index (κ1) is 9.50. The number of hydrogen-bond acceptors (Lipinski definition) is 4. The quantitative estimate of drug-likeness (QED) is 0.259. The first-order chi connectivity index (χ1) is 5.26. The molecule has 0 fully saturated rings. The van der Waals surface area contributed by atoms with Crippen LogP contribution in [0.1, 0.15) is 6.92 Å². The highest BCUT2D eigenvalue weighted by Gasteiger charge is 2.07. The summed E-state index contributed by atoms with van der Waals surface area (Å²) in [6.45, 7) is 2.17. The highest BCUT2D eigenvalue weighted by atomic mass is 16.5. The number of carbonyl (C=O) groups is 1. The molecule has 0 spiro atoms. The molecule has 0 radical (unpaired) electrons. The van der Waals surface area contributed by atoms with Gasteiger partial charge in [0.1, 0.15) is 12.3 Å². The maximum Gasteiger partial charge on any atom is 0.351 e. The van der Waals surface area contributed by atoms with Crippen molar-refractivity contribution >= 4 is 5.97 Å². The van der Waals surface area contributed by atoms with E-state index in [1.165, 1.54) is 7.11 Å². The molecule has 0 aromatic carbocycles. The normalized spacial score (nSPS) is 10.1. The SMILES string of the molecule is CCO/C=C(/C#N)C(=O)OC. The Morgan fingerprint density at radius 3 is 2.73 bits per heavy atom. The lowest BCUT2D eigenvalue weighted by atomic mass is 10.3. The molecule has 0 aromatic heterocycles. The van der Waals surface area contributed by atoms with Crippen molar-refractivity contribution in [1.29, 1.82) is 5.26 Å². The first-order valence-electron chi connectivity index (χ1n) is 3.06. The molecule has 0 rings (SSSR count). The van der Waals surface area contributed by atoms with E-state index in [-0.39, 0.29) is 5.57 Å². The summed E-state index contributed by atoms with van der Waals surface area (Å²) < 4.78 is 9.01. The second-order valence-corrected chi connectivity index (χ2v) is 1.59. The molecule has 0 bridgehead atoms. The van der Waals surface area contributed by atoms with Gasteiger partial charge < -0.3 is 9.47 Å². The minimum atomic E-state index is -0.680. The summed E-state index contributed by atoms with van der Waals surface area (Å²) in [4.78, 5) is 10.7. The molecule has 0 aliphatic rings. The largest absolute Gasteiger partial charge is 0.500 e. The van der Waals surface area contributed by atoms with Crippen LogP contribution in [0, 0.1) is 11.3 Å². The summed E-state index contributed by atoms with van der Waals surface area (Å²) in [6.07, 6.45) is 1.09. The van der Waals surface area contributed by atoms with Gasteiger partial charge in [-0.05, 0) is 6.92 Å². The Morgan fingerprint density at radius 2 is 2.36 bits per heavy atom. The van der Waals surface area contributed by atoms with Crippen molar-refractivity contribution in [3.8, 4) is 6.07 Å². The molecule has 0 atom stereocenters. The number of esters is 1. The molecule has 0 amide bonds. The molecule has 0 N–H and O–H groups in total. The molecule has 60 valence electrons. The highest BCUT2D eigenvalue weighted by Crippen LogP contribution is 1.95. The molecular formula is C7H9NO3. The summed E-state index contributed by atoms with van der Waals surface area (Å²) in [5.41, 5.74) is -0.130. The third kappa shape index (κ3) is 3.26. The van der Waals surface area contributed by atoms with Crippen LogP contribution in [0.25, 0.3) is 0 Å². The van der Waals surface area contributed by atoms with E-state index in [1.807, 2.05) is 0 Å². The van der Waals surface area contributed by atoms with Crippen LogP contribution in [0.5, 0.6) is 0 Å². The Morgan fingerprint density at radius 1 is 1.73 bits per heavy atom. The molecule has 0 aliphatic carbocycles. The predicted molar refractivity (Wildman–Crippen MR) is 37.3 cm³/mol. The minimum absolute atomic E-state index is 0.130. The third-order valence-electron chi connectivity index (χ3n) is 0.894. The molecule has 0 saturated heterocycles. The van der Waals surface area contributed by atoms with E-state index in [9.17, 15) is 4.79 Å². The minimum Gasteiger partial charge on any atom is -0.500 e. The Kier molecular flexibility index (Phi) is 4.58. The average molecular weight is 155 g/mol. The second kappa shape index (κ2) is 5.30. The van der Waals surface area contributed by atoms with Crippen LogP contribution in [0.4, 0.5) is 0 Å². The average Bonchev–Trinajstić information content (AvgIpc) is 2.05. The van der Waals surface area contributed by atoms with Gasteiger partial charge in [-0.2, -0.15) is 5.26 Å². The Hall–Kier alpha value is -1.50. The van der Waals surface area contributed by atoms with E-state index < -0.39 is 5.97 Å². The number of ether oxygens (including phenoxy) is 2. The van der Waals surface area contributed by atoms with Crippen LogP contribution >= 0.6 is 0 Å². The Bertz CT molecular complexity index is 202. The van der Waals surface area contributed by atoms with E-state index in [4.69, 9.17) is 10.00 Å². The Balaban J connectivity index is 4.18. The highest BCUT2D eigenvalue weighted by molar-refractivity contribution is 5.92. The van der Waals surface area contributed by atoms with E-state index >= 15 is 0 Å². The molecule has 0 unspecified atom stereocenters. The smallest absolute Gasteiger partial charge is 0.351 e. The van der Waals surface area contributed by atoms with Crippen molar-refractivity contribution in [2.75, 3.05) is 13.7 Å². The topological polar surface area (TPSA) is 59.3 Å². The number of nitrogens with zero attached hydrogens (tertiary/aromatic N) is 1. The van der Waals surface area contributed by atoms with E-state index in [1.54, 1.807) is 13.0 Å². The van der Waals surface area contributed by atoms with Crippen LogP contribution in [0.2, 0.25) is 0 Å². The van der Waals surface area contributed by atoms with E-state index in [0.29, 0.717) is 6.61 Å². The van der Waals surface area contributed by atoms with Gasteiger partial charge in [-0.15, -0.1) is 0 Å². The Labute approximate surface area is 65.0 Å². The van der Waals surface area contributed by atoms with Gasteiger partial charge >= 0.3 is 5.97 Å². The van der Waals surface area contributed by atoms with Crippen LogP contribution in [-0.2, 0) is 14.3 Å². The van der Waals surface area contributed by atoms with Crippen LogP contribution in [0.15, 0.2) is 11.8 Å². The number of hydrogen-bond donors (Lipinski definition) is 0. The van der Waals surface area contributed by atoms with E-state index in [0.717, 1.165) is 6.26 Å². The second-order valence-electron chi connectivity index (χ2n) is 1.59. The maximum absolute atomic E-state index is 10.7. The molecule has 4 heteroatoms. The van der Waals surface area contributed by atoms with Gasteiger partial charge in [0.05, 0.1) is 13.7 Å². The fraction of sp³-hybridized carbons (Fsp3) is 0.429. The summed E-state index contributed by atoms with van der Waals surface area (Å²) in [5.74, 6) is -0.680. The zero-order valence-electron chi connectivity index (χ0n) is 6.46. The molecule has 0 heterocycles. The monoisotopic (exact) mass is 155 g/mol. The zero-order chi connectivity index (χ0) is 8.69. The van der Waals surface area contributed by atoms with Crippen LogP contribution < -0.4 is 0 Å². The van der Waals surface area contributed by atoms with Crippen LogP contribution in [0.3, 0.4) is 0 Å². The molecule has 0 aromatic rings. The van der Waals surface area contributed by atoms with Crippen molar-refractivity contribution in [3.05, 3.63) is 11.8 Å². The van der Waals surface area contributed by atoms with Gasteiger partial charge in [-0.25, -0.2) is 4.79 Å². The molecular weight excluding hydrogens is 146 g/mol. The van der Waals surface area contributed by atoms with Crippen molar-refractivity contribution in [2.45, 2.75) is 6.92 Å². The predicted octanol–water partition coefficient (Wildman–Crippen LogP) is 0.603. The lowest BCUT2D eigenvalue weighted by molar-refractivity contribution is -0.135. The number of carbonyl (C=O) groups excluding carboxylic acids is 1. The first-order valence-corrected chi connectivity index (χ1v) is 3.06. The fourth-order valence-electron chi connectivity index (χ4n) is 0.397. The van der Waals surface area contributed by atoms with Gasteiger partial charge in [0.2, 0.25) is 0 Å². The lowest BCUT2D eigenvalue weighted by Gasteiger charge is -1.96. The summed E-state index contributed by atoms with van der Waals surface area (Å²) in [7, 11) is 1.21. The number of methoxy groups -OCH3 is 1. The van der Waals surface area contributed by atoms with Gasteiger partial charge in [0.15, 0.2) is 5.57 Å². The summed E-state index contributed by atoms with van der Waals surface area (Å²) >= 11 is 0. The van der Waals surface area contributed by atoms with Crippen molar-refractivity contribution in [1.82, 2.24) is 0 Å². The van der Waals surface area contributed by atoms with Crippen LogP contribution in [-0.4, -0.2) is 19.7 Å². The van der Waals surface area contributed by atoms with Crippen molar-refractivity contribution in [2.24, 2.45) is 0 Å². The summed E-state index contributed by atoms with van der Waals surface area (Å²) in [6, 6.07) is 1.65. The van der Waals surface area contributed by atoms with Crippen molar-refractivity contribution in [3.63, 3.8) is 0 Å². The number of nitriles is 1. The van der Waals surface area contributed by atoms with Gasteiger partial charge in [0, 0.05) is 0 Å².